The van der Waals surface area contributed by atoms with E-state index in [1.54, 1.807) is 7.11 Å². The molecule has 0 bridgehead atoms. The Labute approximate surface area is 128 Å². The largest absolute Gasteiger partial charge is 0.497 e. The lowest BCUT2D eigenvalue weighted by molar-refractivity contribution is 0.301. The lowest BCUT2D eigenvalue weighted by Crippen LogP contribution is -2.00. The Hall–Kier alpha value is -1.48. The van der Waals surface area contributed by atoms with Gasteiger partial charge >= 0.3 is 0 Å². The van der Waals surface area contributed by atoms with E-state index >= 15 is 0 Å². The van der Waals surface area contributed by atoms with Gasteiger partial charge in [0.05, 0.1) is 7.11 Å². The molecule has 0 atom stereocenters. The maximum Gasteiger partial charge on any atom is 0.123 e. The lowest BCUT2D eigenvalue weighted by Gasteiger charge is -2.14. The topological polar surface area (TPSA) is 18.5 Å². The van der Waals surface area contributed by atoms with E-state index < -0.39 is 0 Å². The molecule has 2 aromatic rings. The van der Waals surface area contributed by atoms with Crippen molar-refractivity contribution in [1.29, 1.82) is 0 Å². The summed E-state index contributed by atoms with van der Waals surface area (Å²) in [6.45, 7) is 4.90. The summed E-state index contributed by atoms with van der Waals surface area (Å²) in [6.07, 6.45) is 0. The minimum Gasteiger partial charge on any atom is -0.497 e. The summed E-state index contributed by atoms with van der Waals surface area (Å²) in [5.41, 5.74) is 2.34. The molecule has 0 fully saturated rings. The fourth-order valence-corrected chi connectivity index (χ4v) is 2.36. The first-order chi connectivity index (χ1) is 9.60. The van der Waals surface area contributed by atoms with Crippen molar-refractivity contribution in [3.05, 3.63) is 58.1 Å². The average molecular weight is 335 g/mol. The van der Waals surface area contributed by atoms with Crippen LogP contribution in [0, 0.1) is 0 Å². The van der Waals surface area contributed by atoms with Crippen LogP contribution in [0.1, 0.15) is 30.9 Å². The number of halogens is 1. The molecule has 2 aromatic carbocycles. The Balaban J connectivity index is 2.10. The number of methoxy groups -OCH3 is 1. The molecule has 0 N–H and O–H groups in total. The van der Waals surface area contributed by atoms with Crippen LogP contribution < -0.4 is 9.47 Å². The number of hydrogen-bond acceptors (Lipinski definition) is 2. The quantitative estimate of drug-likeness (QED) is 0.751. The van der Waals surface area contributed by atoms with Crippen LogP contribution in [-0.4, -0.2) is 7.11 Å². The smallest absolute Gasteiger partial charge is 0.123 e. The average Bonchev–Trinajstić information content (AvgIpc) is 2.46. The van der Waals surface area contributed by atoms with Crippen LogP contribution in [0.2, 0.25) is 0 Å². The number of benzene rings is 2. The van der Waals surface area contributed by atoms with Gasteiger partial charge in [-0.1, -0.05) is 41.9 Å². The Morgan fingerprint density at radius 3 is 2.35 bits per heavy atom. The normalized spacial score (nSPS) is 10.7. The van der Waals surface area contributed by atoms with Crippen LogP contribution in [0.15, 0.2) is 46.9 Å². The predicted octanol–water partition coefficient (Wildman–Crippen LogP) is 5.16. The minimum absolute atomic E-state index is 0.429. The van der Waals surface area contributed by atoms with Crippen molar-refractivity contribution in [2.45, 2.75) is 26.4 Å². The maximum absolute atomic E-state index is 5.95. The second-order valence-electron chi connectivity index (χ2n) is 4.97. The van der Waals surface area contributed by atoms with Crippen LogP contribution in [-0.2, 0) is 6.61 Å². The summed E-state index contributed by atoms with van der Waals surface area (Å²) in [4.78, 5) is 0. The third-order valence-electron chi connectivity index (χ3n) is 3.15. The Kier molecular flexibility index (Phi) is 5.07. The summed E-state index contributed by atoms with van der Waals surface area (Å²) < 4.78 is 12.2. The first kappa shape index (κ1) is 14.9. The molecular formula is C17H19BrO2. The fourth-order valence-electron chi connectivity index (χ4n) is 1.98. The van der Waals surface area contributed by atoms with E-state index in [9.17, 15) is 0 Å². The van der Waals surface area contributed by atoms with Crippen LogP contribution in [0.25, 0.3) is 0 Å². The fraction of sp³-hybridized carbons (Fsp3) is 0.294. The first-order valence-corrected chi connectivity index (χ1v) is 7.44. The standard InChI is InChI=1S/C17H19BrO2/c1-12(2)16-10-14(18)6-9-17(16)20-11-13-4-7-15(19-3)8-5-13/h4-10,12H,11H2,1-3H3. The minimum atomic E-state index is 0.429. The Morgan fingerprint density at radius 1 is 1.05 bits per heavy atom. The van der Waals surface area contributed by atoms with Gasteiger partial charge in [-0.2, -0.15) is 0 Å². The molecular weight excluding hydrogens is 316 g/mol. The summed E-state index contributed by atoms with van der Waals surface area (Å²) in [6, 6.07) is 14.1. The monoisotopic (exact) mass is 334 g/mol. The van der Waals surface area contributed by atoms with Crippen LogP contribution in [0.3, 0.4) is 0 Å². The van der Waals surface area contributed by atoms with Gasteiger partial charge in [0, 0.05) is 4.47 Å². The molecule has 0 amide bonds. The molecule has 0 aromatic heterocycles. The van der Waals surface area contributed by atoms with Gasteiger partial charge in [-0.25, -0.2) is 0 Å². The van der Waals surface area contributed by atoms with Gasteiger partial charge in [-0.3, -0.25) is 0 Å². The van der Waals surface area contributed by atoms with Crippen molar-refractivity contribution in [3.63, 3.8) is 0 Å². The second kappa shape index (κ2) is 6.80. The molecule has 0 aliphatic rings. The maximum atomic E-state index is 5.95. The van der Waals surface area contributed by atoms with Gasteiger partial charge in [0.25, 0.3) is 0 Å². The van der Waals surface area contributed by atoms with Gasteiger partial charge in [0.1, 0.15) is 18.1 Å². The van der Waals surface area contributed by atoms with Crippen molar-refractivity contribution in [1.82, 2.24) is 0 Å². The Bertz CT molecular complexity index is 562. The van der Waals surface area contributed by atoms with E-state index in [1.807, 2.05) is 36.4 Å². The van der Waals surface area contributed by atoms with Gasteiger partial charge in [-0.05, 0) is 47.4 Å². The van der Waals surface area contributed by atoms with Crippen molar-refractivity contribution < 1.29 is 9.47 Å². The highest BCUT2D eigenvalue weighted by molar-refractivity contribution is 9.10. The molecule has 0 radical (unpaired) electrons. The molecule has 0 saturated carbocycles. The Morgan fingerprint density at radius 2 is 1.75 bits per heavy atom. The molecule has 2 nitrogen and oxygen atoms in total. The molecule has 0 unspecified atom stereocenters. The van der Waals surface area contributed by atoms with Crippen LogP contribution >= 0.6 is 15.9 Å². The van der Waals surface area contributed by atoms with Crippen molar-refractivity contribution in [3.8, 4) is 11.5 Å². The highest BCUT2D eigenvalue weighted by atomic mass is 79.9. The molecule has 20 heavy (non-hydrogen) atoms. The zero-order valence-corrected chi connectivity index (χ0v) is 13.6. The van der Waals surface area contributed by atoms with Crippen molar-refractivity contribution >= 4 is 15.9 Å². The molecule has 3 heteroatoms. The lowest BCUT2D eigenvalue weighted by atomic mass is 10.0. The molecule has 0 saturated heterocycles. The number of hydrogen-bond donors (Lipinski definition) is 0. The van der Waals surface area contributed by atoms with E-state index in [0.29, 0.717) is 12.5 Å². The molecule has 106 valence electrons. The predicted molar refractivity (Wildman–Crippen MR) is 85.6 cm³/mol. The number of ether oxygens (including phenoxy) is 2. The molecule has 0 heterocycles. The number of rotatable bonds is 5. The zero-order valence-electron chi connectivity index (χ0n) is 12.0. The van der Waals surface area contributed by atoms with E-state index in [0.717, 1.165) is 21.5 Å². The van der Waals surface area contributed by atoms with Gasteiger partial charge in [0.15, 0.2) is 0 Å². The highest BCUT2D eigenvalue weighted by Gasteiger charge is 2.08. The summed E-state index contributed by atoms with van der Waals surface area (Å²) in [5, 5.41) is 0. The van der Waals surface area contributed by atoms with Gasteiger partial charge in [-0.15, -0.1) is 0 Å². The van der Waals surface area contributed by atoms with E-state index in [-0.39, 0.29) is 0 Å². The third kappa shape index (κ3) is 3.76. The molecule has 0 spiro atoms. The summed E-state index contributed by atoms with van der Waals surface area (Å²) in [5.74, 6) is 2.23. The van der Waals surface area contributed by atoms with E-state index in [2.05, 4.69) is 35.8 Å². The van der Waals surface area contributed by atoms with Crippen molar-refractivity contribution in [2.75, 3.05) is 7.11 Å². The first-order valence-electron chi connectivity index (χ1n) is 6.65. The third-order valence-corrected chi connectivity index (χ3v) is 3.64. The zero-order chi connectivity index (χ0) is 14.5. The summed E-state index contributed by atoms with van der Waals surface area (Å²) >= 11 is 3.51. The van der Waals surface area contributed by atoms with Gasteiger partial charge < -0.3 is 9.47 Å². The SMILES string of the molecule is COc1ccc(COc2ccc(Br)cc2C(C)C)cc1. The molecule has 2 rings (SSSR count). The summed E-state index contributed by atoms with van der Waals surface area (Å²) in [7, 11) is 1.67. The molecule has 0 aliphatic heterocycles. The van der Waals surface area contributed by atoms with Crippen LogP contribution in [0.4, 0.5) is 0 Å². The molecule has 0 aliphatic carbocycles. The van der Waals surface area contributed by atoms with Gasteiger partial charge in [0.2, 0.25) is 0 Å². The van der Waals surface area contributed by atoms with E-state index in [4.69, 9.17) is 9.47 Å². The van der Waals surface area contributed by atoms with Crippen molar-refractivity contribution in [2.24, 2.45) is 0 Å². The van der Waals surface area contributed by atoms with Crippen LogP contribution in [0.5, 0.6) is 11.5 Å². The second-order valence-corrected chi connectivity index (χ2v) is 5.89. The van der Waals surface area contributed by atoms with E-state index in [1.165, 1.54) is 5.56 Å². The highest BCUT2D eigenvalue weighted by Crippen LogP contribution is 2.30.